The van der Waals surface area contributed by atoms with E-state index in [0.717, 1.165) is 0 Å². The number of aromatic nitrogens is 2. The number of rotatable bonds is 3. The van der Waals surface area contributed by atoms with Gasteiger partial charge >= 0.3 is 0 Å². The molecule has 0 aromatic carbocycles. The zero-order valence-corrected chi connectivity index (χ0v) is 12.5. The van der Waals surface area contributed by atoms with E-state index in [1.54, 1.807) is 0 Å². The quantitative estimate of drug-likeness (QED) is 0.664. The first-order valence-corrected chi connectivity index (χ1v) is 6.92. The minimum Gasteiger partial charge on any atom is -0.393 e. The highest BCUT2D eigenvalue weighted by molar-refractivity contribution is 5.92. The van der Waals surface area contributed by atoms with Crippen LogP contribution in [0.3, 0.4) is 0 Å². The van der Waals surface area contributed by atoms with Gasteiger partial charge in [-0.3, -0.25) is 9.79 Å². The van der Waals surface area contributed by atoms with Gasteiger partial charge in [0.15, 0.2) is 0 Å². The van der Waals surface area contributed by atoms with Gasteiger partial charge in [0.1, 0.15) is 5.49 Å². The molecule has 2 rings (SSSR count). The highest BCUT2D eigenvalue weighted by Gasteiger charge is 2.26. The van der Waals surface area contributed by atoms with Gasteiger partial charge in [-0.2, -0.15) is 0 Å². The predicted molar refractivity (Wildman–Crippen MR) is 88.9 cm³/mol. The molecule has 3 atom stereocenters. The van der Waals surface area contributed by atoms with E-state index >= 15 is 0 Å². The molecule has 0 bridgehead atoms. The maximum Gasteiger partial charge on any atom is 0.254 e. The molecule has 7 nitrogen and oxygen atoms in total. The summed E-state index contributed by atoms with van der Waals surface area (Å²) in [5, 5.41) is 12.3. The summed E-state index contributed by atoms with van der Waals surface area (Å²) < 4.78 is 93.5. The SMILES string of the molecule is [2H]c1nc(NC(C([2H])([2H])[2H])(C([2H])([2H])[2H])C([2H])([2H])[2H])[nH]c(=NC2CCC([2H])(C)C([2H])(O)C2)c1C(N)=O. The number of hydrogen-bond acceptors (Lipinski definition) is 5. The number of hydrogen-bond donors (Lipinski definition) is 4. The molecule has 23 heavy (non-hydrogen) atoms. The summed E-state index contributed by atoms with van der Waals surface area (Å²) in [6, 6.07) is -0.850. The monoisotopic (exact) mass is 333 g/mol. The Balaban J connectivity index is 2.73. The lowest BCUT2D eigenvalue weighted by atomic mass is 9.85. The van der Waals surface area contributed by atoms with Crippen molar-refractivity contribution in [1.29, 1.82) is 0 Å². The van der Waals surface area contributed by atoms with Gasteiger partial charge in [0.25, 0.3) is 5.91 Å². The topological polar surface area (TPSA) is 116 Å². The number of anilines is 1. The van der Waals surface area contributed by atoms with E-state index in [9.17, 15) is 9.90 Å². The zero-order valence-electron chi connectivity index (χ0n) is 24.5. The number of amides is 1. The van der Waals surface area contributed by atoms with Crippen molar-refractivity contribution in [3.63, 3.8) is 0 Å². The van der Waals surface area contributed by atoms with E-state index in [1.165, 1.54) is 6.92 Å². The van der Waals surface area contributed by atoms with Crippen LogP contribution in [-0.4, -0.2) is 38.6 Å². The Morgan fingerprint density at radius 3 is 3.00 bits per heavy atom. The van der Waals surface area contributed by atoms with E-state index in [0.29, 0.717) is 0 Å². The number of aliphatic hydroxyl groups is 1. The molecule has 0 aliphatic heterocycles. The molecule has 1 aromatic rings. The van der Waals surface area contributed by atoms with Gasteiger partial charge in [0.2, 0.25) is 5.95 Å². The van der Waals surface area contributed by atoms with E-state index in [2.05, 4.69) is 15.0 Å². The Kier molecular flexibility index (Phi) is 2.14. The maximum atomic E-state index is 12.0. The van der Waals surface area contributed by atoms with Gasteiger partial charge in [-0.15, -0.1) is 0 Å². The first kappa shape index (κ1) is 7.34. The van der Waals surface area contributed by atoms with Crippen LogP contribution in [-0.2, 0) is 0 Å². The van der Waals surface area contributed by atoms with Gasteiger partial charge < -0.3 is 21.1 Å². The van der Waals surface area contributed by atoms with Crippen molar-refractivity contribution < 1.29 is 26.4 Å². The molecule has 1 aromatic heterocycles. The van der Waals surface area contributed by atoms with Crippen molar-refractivity contribution in [2.75, 3.05) is 5.32 Å². The molecule has 0 spiro atoms. The van der Waals surface area contributed by atoms with Crippen LogP contribution in [0, 0.1) is 5.89 Å². The number of nitrogens with two attached hydrogens (primary N) is 1. The average Bonchev–Trinajstić information content (AvgIpc) is 2.59. The highest BCUT2D eigenvalue weighted by atomic mass is 16.3. The van der Waals surface area contributed by atoms with Crippen LogP contribution < -0.4 is 16.5 Å². The van der Waals surface area contributed by atoms with Gasteiger partial charge in [0, 0.05) is 25.4 Å². The highest BCUT2D eigenvalue weighted by Crippen LogP contribution is 2.25. The maximum absolute atomic E-state index is 12.0. The number of aromatic amines is 1. The Morgan fingerprint density at radius 1 is 1.65 bits per heavy atom. The van der Waals surface area contributed by atoms with Gasteiger partial charge in [-0.1, -0.05) is 6.92 Å². The first-order valence-electron chi connectivity index (χ1n) is 12.9. The molecule has 7 heteroatoms. The van der Waals surface area contributed by atoms with Crippen molar-refractivity contribution in [1.82, 2.24) is 9.97 Å². The summed E-state index contributed by atoms with van der Waals surface area (Å²) in [5.41, 5.74) is 0.778. The van der Waals surface area contributed by atoms with E-state index in [4.69, 9.17) is 22.2 Å². The molecule has 1 fully saturated rings. The van der Waals surface area contributed by atoms with Gasteiger partial charge in [0.05, 0.1) is 20.4 Å². The second-order valence-electron chi connectivity index (χ2n) is 5.41. The largest absolute Gasteiger partial charge is 0.393 e. The fraction of sp³-hybridized carbons (Fsp3) is 0.688. The van der Waals surface area contributed by atoms with Crippen LogP contribution in [0.5, 0.6) is 0 Å². The van der Waals surface area contributed by atoms with E-state index in [1.807, 2.05) is 5.32 Å². The number of nitrogens with one attached hydrogen (secondary N) is 2. The summed E-state index contributed by atoms with van der Waals surface area (Å²) in [7, 11) is 0. The summed E-state index contributed by atoms with van der Waals surface area (Å²) >= 11 is 0. The molecule has 1 heterocycles. The number of carbonyl (C=O) groups is 1. The fourth-order valence-corrected chi connectivity index (χ4v) is 2.19. The lowest BCUT2D eigenvalue weighted by Gasteiger charge is -2.28. The molecule has 1 amide bonds. The second kappa shape index (κ2) is 6.70. The Bertz CT molecular complexity index is 1010. The molecule has 1 aliphatic carbocycles. The van der Waals surface area contributed by atoms with Crippen LogP contribution in [0.4, 0.5) is 5.95 Å². The van der Waals surface area contributed by atoms with Gasteiger partial charge in [-0.25, -0.2) is 4.98 Å². The summed E-state index contributed by atoms with van der Waals surface area (Å²) in [6.07, 6.45) is -3.15. The summed E-state index contributed by atoms with van der Waals surface area (Å²) in [5.74, 6) is -3.45. The second-order valence-corrected chi connectivity index (χ2v) is 5.41. The van der Waals surface area contributed by atoms with Crippen molar-refractivity contribution in [2.45, 2.75) is 64.4 Å². The summed E-state index contributed by atoms with van der Waals surface area (Å²) in [6.45, 7) is -9.48. The lowest BCUT2D eigenvalue weighted by molar-refractivity contribution is 0.0704. The van der Waals surface area contributed by atoms with Crippen molar-refractivity contribution in [3.05, 3.63) is 17.2 Å². The average molecular weight is 333 g/mol. The fourth-order valence-electron chi connectivity index (χ4n) is 2.19. The zero-order chi connectivity index (χ0) is 27.4. The minimum atomic E-state index is -3.62. The van der Waals surface area contributed by atoms with Crippen LogP contribution >= 0.6 is 0 Å². The van der Waals surface area contributed by atoms with Crippen molar-refractivity contribution in [2.24, 2.45) is 16.6 Å². The smallest absolute Gasteiger partial charge is 0.254 e. The van der Waals surface area contributed by atoms with E-state index < -0.39 is 73.2 Å². The molecule has 128 valence electrons. The van der Waals surface area contributed by atoms with Gasteiger partial charge in [-0.05, 0) is 45.7 Å². The number of nitrogens with zero attached hydrogens (tertiary/aromatic N) is 2. The molecule has 1 aliphatic rings. The Labute approximate surface area is 153 Å². The third-order valence-electron chi connectivity index (χ3n) is 3.39. The standard InChI is InChI=1S/C16H27N5O2/c1-9-5-6-10(7-12(9)22)19-14-11(13(17)23)8-18-15(20-14)21-16(2,3)4/h8-10,12,22H,5-7H2,1-4H3,(H2,17,23)(H2,18,19,20,21)/i2D3,3D3,4D3,8D,9D,12D. The normalized spacial score (nSPS) is 41.8. The molecular formula is C16H27N5O2. The van der Waals surface area contributed by atoms with E-state index in [-0.39, 0.29) is 19.3 Å². The molecule has 5 N–H and O–H groups in total. The van der Waals surface area contributed by atoms with Crippen molar-refractivity contribution in [3.8, 4) is 0 Å². The van der Waals surface area contributed by atoms with Crippen LogP contribution in [0.15, 0.2) is 11.2 Å². The summed E-state index contributed by atoms with van der Waals surface area (Å²) in [4.78, 5) is 22.1. The number of H-pyrrole nitrogens is 1. The number of carbonyl (C=O) groups excluding carboxylic acids is 1. The molecular weight excluding hydrogens is 294 g/mol. The number of primary amides is 1. The third-order valence-corrected chi connectivity index (χ3v) is 3.39. The minimum absolute atomic E-state index is 0.0528. The Morgan fingerprint density at radius 2 is 2.39 bits per heavy atom. The molecule has 1 saturated carbocycles. The third kappa shape index (κ3) is 4.79. The molecule has 3 unspecified atom stereocenters. The van der Waals surface area contributed by atoms with Crippen LogP contribution in [0.1, 0.15) is 73.5 Å². The Hall–Kier alpha value is -1.89. The van der Waals surface area contributed by atoms with Crippen LogP contribution in [0.25, 0.3) is 0 Å². The molecule has 0 radical (unpaired) electrons. The molecule has 0 saturated heterocycles. The van der Waals surface area contributed by atoms with Crippen LogP contribution in [0.2, 0.25) is 0 Å². The predicted octanol–water partition coefficient (Wildman–Crippen LogP) is 1.17. The van der Waals surface area contributed by atoms with Crippen molar-refractivity contribution >= 4 is 11.9 Å². The first-order chi connectivity index (χ1) is 15.5. The lowest BCUT2D eigenvalue weighted by Crippen LogP contribution is -2.34.